The lowest BCUT2D eigenvalue weighted by Crippen LogP contribution is -2.48. The van der Waals surface area contributed by atoms with Crippen LogP contribution in [0.2, 0.25) is 0 Å². The molecule has 5 rings (SSSR count). The van der Waals surface area contributed by atoms with Crippen LogP contribution in [0.25, 0.3) is 17.0 Å². The number of halogens is 1. The van der Waals surface area contributed by atoms with Crippen LogP contribution in [-0.4, -0.2) is 58.7 Å². The van der Waals surface area contributed by atoms with E-state index in [4.69, 9.17) is 4.74 Å². The summed E-state index contributed by atoms with van der Waals surface area (Å²) in [5.74, 6) is 1.11. The first-order valence-corrected chi connectivity index (χ1v) is 10.4. The van der Waals surface area contributed by atoms with Crippen molar-refractivity contribution in [3.63, 3.8) is 0 Å². The molecule has 7 nitrogen and oxygen atoms in total. The van der Waals surface area contributed by atoms with Crippen molar-refractivity contribution >= 4 is 17.2 Å². The van der Waals surface area contributed by atoms with Crippen LogP contribution in [0.15, 0.2) is 66.9 Å². The number of carbonyl (C=O) groups excluding carboxylic acids is 1. The van der Waals surface area contributed by atoms with Gasteiger partial charge in [-0.1, -0.05) is 0 Å². The summed E-state index contributed by atoms with van der Waals surface area (Å²) in [5, 5.41) is 8.42. The Morgan fingerprint density at radius 3 is 2.34 bits per heavy atom. The lowest BCUT2D eigenvalue weighted by Gasteiger charge is -2.36. The van der Waals surface area contributed by atoms with Gasteiger partial charge in [-0.2, -0.15) is 0 Å². The lowest BCUT2D eigenvalue weighted by atomic mass is 10.2. The van der Waals surface area contributed by atoms with E-state index < -0.39 is 0 Å². The third-order valence-corrected chi connectivity index (χ3v) is 5.76. The van der Waals surface area contributed by atoms with Gasteiger partial charge in [0.1, 0.15) is 11.6 Å². The summed E-state index contributed by atoms with van der Waals surface area (Å²) in [6, 6.07) is 17.6. The summed E-state index contributed by atoms with van der Waals surface area (Å²) in [7, 11) is 1.65. The zero-order valence-electron chi connectivity index (χ0n) is 17.6. The number of hydrogen-bond acceptors (Lipinski definition) is 5. The molecule has 4 aromatic rings. The van der Waals surface area contributed by atoms with Gasteiger partial charge in [0.05, 0.1) is 7.11 Å². The molecule has 1 amide bonds. The second kappa shape index (κ2) is 8.30. The Kier molecular flexibility index (Phi) is 5.18. The number of fused-ring (bicyclic) bond motifs is 1. The highest BCUT2D eigenvalue weighted by atomic mass is 19.1. The van der Waals surface area contributed by atoms with Crippen molar-refractivity contribution in [3.05, 3.63) is 78.2 Å². The van der Waals surface area contributed by atoms with Crippen LogP contribution in [0.1, 0.15) is 10.4 Å². The Morgan fingerprint density at radius 2 is 1.66 bits per heavy atom. The number of rotatable bonds is 4. The molecule has 0 atom stereocenters. The highest BCUT2D eigenvalue weighted by Crippen LogP contribution is 2.22. The third kappa shape index (κ3) is 3.75. The molecular weight excluding hydrogens is 409 g/mol. The highest BCUT2D eigenvalue weighted by molar-refractivity contribution is 5.95. The smallest absolute Gasteiger partial charge is 0.254 e. The van der Waals surface area contributed by atoms with E-state index in [1.165, 1.54) is 12.1 Å². The minimum atomic E-state index is -0.303. The summed E-state index contributed by atoms with van der Waals surface area (Å²) in [4.78, 5) is 17.2. The van der Waals surface area contributed by atoms with Crippen molar-refractivity contribution < 1.29 is 13.9 Å². The number of carbonyl (C=O) groups is 1. The Hall–Kier alpha value is -3.94. The molecule has 0 aliphatic carbocycles. The molecule has 0 saturated carbocycles. The minimum Gasteiger partial charge on any atom is -0.497 e. The third-order valence-electron chi connectivity index (χ3n) is 5.76. The van der Waals surface area contributed by atoms with Gasteiger partial charge in [0.25, 0.3) is 5.91 Å². The Bertz CT molecular complexity index is 1250. The van der Waals surface area contributed by atoms with E-state index >= 15 is 0 Å². The zero-order valence-corrected chi connectivity index (χ0v) is 17.6. The molecule has 0 bridgehead atoms. The summed E-state index contributed by atoms with van der Waals surface area (Å²) in [6.45, 7) is 2.81. The number of aromatic nitrogens is 3. The molecular formula is C24H22FN5O2. The van der Waals surface area contributed by atoms with E-state index in [9.17, 15) is 9.18 Å². The average Bonchev–Trinajstić information content (AvgIpc) is 3.27. The number of hydrogen-bond donors (Lipinski definition) is 0. The first kappa shape index (κ1) is 20.0. The van der Waals surface area contributed by atoms with Gasteiger partial charge in [-0.05, 0) is 60.7 Å². The molecule has 0 radical (unpaired) electrons. The van der Waals surface area contributed by atoms with E-state index in [0.29, 0.717) is 30.1 Å². The van der Waals surface area contributed by atoms with Gasteiger partial charge < -0.3 is 14.5 Å². The molecule has 0 spiro atoms. The van der Waals surface area contributed by atoms with Gasteiger partial charge in [0, 0.05) is 49.2 Å². The van der Waals surface area contributed by atoms with E-state index in [2.05, 4.69) is 15.1 Å². The molecule has 2 aromatic heterocycles. The normalized spacial score (nSPS) is 14.1. The lowest BCUT2D eigenvalue weighted by molar-refractivity contribution is 0.0747. The monoisotopic (exact) mass is 431 g/mol. The van der Waals surface area contributed by atoms with Crippen LogP contribution < -0.4 is 9.64 Å². The van der Waals surface area contributed by atoms with Crippen molar-refractivity contribution in [3.8, 4) is 17.1 Å². The van der Waals surface area contributed by atoms with Gasteiger partial charge in [-0.25, -0.2) is 4.39 Å². The number of amides is 1. The molecule has 0 unspecified atom stereocenters. The van der Waals surface area contributed by atoms with Gasteiger partial charge in [-0.15, -0.1) is 10.2 Å². The fraction of sp³-hybridized carbons (Fsp3) is 0.208. The Morgan fingerprint density at radius 1 is 0.938 bits per heavy atom. The van der Waals surface area contributed by atoms with E-state index in [1.807, 2.05) is 29.2 Å². The standard InChI is InChI=1S/C24H22FN5O2/c1-32-21-8-6-20(7-9-21)28-12-14-29(15-13-28)24(31)18-10-11-30-22(16-18)26-27-23(30)17-2-4-19(25)5-3-17/h2-11,16H,12-15H2,1H3. The van der Waals surface area contributed by atoms with Crippen LogP contribution in [0.3, 0.4) is 0 Å². The number of nitrogens with zero attached hydrogens (tertiary/aromatic N) is 5. The first-order chi connectivity index (χ1) is 15.6. The van der Waals surface area contributed by atoms with Crippen LogP contribution in [-0.2, 0) is 0 Å². The van der Waals surface area contributed by atoms with Gasteiger partial charge in [0.2, 0.25) is 0 Å². The summed E-state index contributed by atoms with van der Waals surface area (Å²) >= 11 is 0. The number of piperazine rings is 1. The summed E-state index contributed by atoms with van der Waals surface area (Å²) in [5.41, 5.74) is 3.03. The topological polar surface area (TPSA) is 63.0 Å². The second-order valence-electron chi connectivity index (χ2n) is 7.65. The number of methoxy groups -OCH3 is 1. The molecule has 0 N–H and O–H groups in total. The summed E-state index contributed by atoms with van der Waals surface area (Å²) in [6.07, 6.45) is 1.79. The average molecular weight is 431 g/mol. The first-order valence-electron chi connectivity index (χ1n) is 10.4. The SMILES string of the molecule is COc1ccc(N2CCN(C(=O)c3ccn4c(-c5ccc(F)cc5)nnc4c3)CC2)cc1. The van der Waals surface area contributed by atoms with E-state index in [1.54, 1.807) is 42.0 Å². The molecule has 3 heterocycles. The molecule has 1 aliphatic rings. The molecule has 1 fully saturated rings. The van der Waals surface area contributed by atoms with E-state index in [-0.39, 0.29) is 11.7 Å². The predicted molar refractivity (Wildman–Crippen MR) is 119 cm³/mol. The van der Waals surface area contributed by atoms with Gasteiger partial charge >= 0.3 is 0 Å². The highest BCUT2D eigenvalue weighted by Gasteiger charge is 2.23. The maximum atomic E-state index is 13.2. The van der Waals surface area contributed by atoms with Crippen molar-refractivity contribution in [1.82, 2.24) is 19.5 Å². The summed E-state index contributed by atoms with van der Waals surface area (Å²) < 4.78 is 20.2. The van der Waals surface area contributed by atoms with Crippen LogP contribution in [0, 0.1) is 5.82 Å². The number of ether oxygens (including phenoxy) is 1. The van der Waals surface area contributed by atoms with Crippen LogP contribution in [0.4, 0.5) is 10.1 Å². The maximum Gasteiger partial charge on any atom is 0.254 e. The Balaban J connectivity index is 1.29. The molecule has 2 aromatic carbocycles. The Labute approximate surface area is 184 Å². The second-order valence-corrected chi connectivity index (χ2v) is 7.65. The van der Waals surface area contributed by atoms with Crippen molar-refractivity contribution in [2.45, 2.75) is 0 Å². The fourth-order valence-corrected chi connectivity index (χ4v) is 3.96. The van der Waals surface area contributed by atoms with Gasteiger partial charge in [-0.3, -0.25) is 9.20 Å². The van der Waals surface area contributed by atoms with Crippen LogP contribution >= 0.6 is 0 Å². The quantitative estimate of drug-likeness (QED) is 0.495. The molecule has 32 heavy (non-hydrogen) atoms. The largest absolute Gasteiger partial charge is 0.497 e. The van der Waals surface area contributed by atoms with Crippen molar-refractivity contribution in [2.24, 2.45) is 0 Å². The fourth-order valence-electron chi connectivity index (χ4n) is 3.96. The molecule has 1 aliphatic heterocycles. The predicted octanol–water partition coefficient (Wildman–Crippen LogP) is 3.51. The number of pyridine rings is 1. The molecule has 1 saturated heterocycles. The minimum absolute atomic E-state index is 0.0202. The van der Waals surface area contributed by atoms with E-state index in [0.717, 1.165) is 30.1 Å². The maximum absolute atomic E-state index is 13.2. The van der Waals surface area contributed by atoms with Crippen LogP contribution in [0.5, 0.6) is 5.75 Å². The zero-order chi connectivity index (χ0) is 22.1. The van der Waals surface area contributed by atoms with Crippen molar-refractivity contribution in [2.75, 3.05) is 38.2 Å². The molecule has 162 valence electrons. The van der Waals surface area contributed by atoms with Gasteiger partial charge in [0.15, 0.2) is 11.5 Å². The number of anilines is 1. The number of benzene rings is 2. The van der Waals surface area contributed by atoms with Crippen molar-refractivity contribution in [1.29, 1.82) is 0 Å². The molecule has 8 heteroatoms.